The van der Waals surface area contributed by atoms with Crippen LogP contribution >= 0.6 is 0 Å². The fourth-order valence-electron chi connectivity index (χ4n) is 2.39. The summed E-state index contributed by atoms with van der Waals surface area (Å²) in [5.41, 5.74) is 0. The molecule has 0 unspecified atom stereocenters. The average Bonchev–Trinajstić information content (AvgIpc) is 3.01. The standard InChI is InChI=1S/C12H14N2O/c1-2-5-10(4-1)14-8-7-13-12(14)11-6-3-9-15-11/h3,6-10H,1-2,4-5H2. The number of rotatable bonds is 2. The van der Waals surface area contributed by atoms with Crippen LogP contribution in [0.3, 0.4) is 0 Å². The van der Waals surface area contributed by atoms with Crippen molar-refractivity contribution in [2.45, 2.75) is 31.7 Å². The van der Waals surface area contributed by atoms with E-state index in [9.17, 15) is 0 Å². The van der Waals surface area contributed by atoms with Gasteiger partial charge in [0, 0.05) is 18.4 Å². The van der Waals surface area contributed by atoms with Crippen LogP contribution in [0.1, 0.15) is 31.7 Å². The maximum atomic E-state index is 5.39. The molecule has 0 aromatic carbocycles. The average molecular weight is 202 g/mol. The largest absolute Gasteiger partial charge is 0.461 e. The summed E-state index contributed by atoms with van der Waals surface area (Å²) in [4.78, 5) is 4.37. The Hall–Kier alpha value is -1.51. The Bertz CT molecular complexity index is 424. The molecule has 78 valence electrons. The Labute approximate surface area is 88.7 Å². The molecule has 2 aromatic rings. The molecule has 3 rings (SSSR count). The lowest BCUT2D eigenvalue weighted by Crippen LogP contribution is -2.04. The van der Waals surface area contributed by atoms with E-state index >= 15 is 0 Å². The van der Waals surface area contributed by atoms with Crippen LogP contribution in [0.25, 0.3) is 11.6 Å². The smallest absolute Gasteiger partial charge is 0.176 e. The minimum atomic E-state index is 0.618. The lowest BCUT2D eigenvalue weighted by atomic mass is 10.2. The van der Waals surface area contributed by atoms with E-state index in [0.717, 1.165) is 11.6 Å². The summed E-state index contributed by atoms with van der Waals surface area (Å²) in [5, 5.41) is 0. The third-order valence-electron chi connectivity index (χ3n) is 3.13. The van der Waals surface area contributed by atoms with Crippen molar-refractivity contribution < 1.29 is 4.42 Å². The van der Waals surface area contributed by atoms with Gasteiger partial charge in [-0.3, -0.25) is 0 Å². The van der Waals surface area contributed by atoms with Crippen molar-refractivity contribution in [2.75, 3.05) is 0 Å². The first-order valence-corrected chi connectivity index (χ1v) is 5.52. The Morgan fingerprint density at radius 1 is 1.33 bits per heavy atom. The summed E-state index contributed by atoms with van der Waals surface area (Å²) < 4.78 is 7.65. The van der Waals surface area contributed by atoms with Crippen molar-refractivity contribution in [1.29, 1.82) is 0 Å². The molecule has 0 bridgehead atoms. The molecule has 2 aromatic heterocycles. The van der Waals surface area contributed by atoms with E-state index in [4.69, 9.17) is 4.42 Å². The van der Waals surface area contributed by atoms with Gasteiger partial charge in [-0.2, -0.15) is 0 Å². The molecule has 3 heteroatoms. The maximum Gasteiger partial charge on any atom is 0.176 e. The molecule has 0 amide bonds. The fourth-order valence-corrected chi connectivity index (χ4v) is 2.39. The van der Waals surface area contributed by atoms with Gasteiger partial charge in [-0.05, 0) is 25.0 Å². The summed E-state index contributed by atoms with van der Waals surface area (Å²) >= 11 is 0. The van der Waals surface area contributed by atoms with Gasteiger partial charge in [0.2, 0.25) is 0 Å². The van der Waals surface area contributed by atoms with E-state index in [-0.39, 0.29) is 0 Å². The molecule has 0 N–H and O–H groups in total. The molecule has 0 aliphatic heterocycles. The molecule has 3 nitrogen and oxygen atoms in total. The van der Waals surface area contributed by atoms with E-state index in [0.29, 0.717) is 6.04 Å². The van der Waals surface area contributed by atoms with Gasteiger partial charge in [0.25, 0.3) is 0 Å². The minimum absolute atomic E-state index is 0.618. The highest BCUT2D eigenvalue weighted by Crippen LogP contribution is 2.32. The van der Waals surface area contributed by atoms with E-state index in [1.54, 1.807) is 6.26 Å². The summed E-state index contributed by atoms with van der Waals surface area (Å²) in [6.07, 6.45) is 10.8. The zero-order valence-corrected chi connectivity index (χ0v) is 8.60. The molecular weight excluding hydrogens is 188 g/mol. The molecule has 1 aliphatic carbocycles. The molecule has 2 heterocycles. The minimum Gasteiger partial charge on any atom is -0.461 e. The molecule has 1 aliphatic rings. The predicted octanol–water partition coefficient (Wildman–Crippen LogP) is 3.26. The van der Waals surface area contributed by atoms with Crippen LogP contribution in [0.15, 0.2) is 35.2 Å². The van der Waals surface area contributed by atoms with Gasteiger partial charge < -0.3 is 8.98 Å². The second-order valence-electron chi connectivity index (χ2n) is 4.07. The third-order valence-corrected chi connectivity index (χ3v) is 3.13. The van der Waals surface area contributed by atoms with Crippen molar-refractivity contribution in [3.05, 3.63) is 30.8 Å². The van der Waals surface area contributed by atoms with Gasteiger partial charge in [0.1, 0.15) is 0 Å². The zero-order chi connectivity index (χ0) is 10.1. The van der Waals surface area contributed by atoms with E-state index in [1.807, 2.05) is 18.3 Å². The molecule has 15 heavy (non-hydrogen) atoms. The third kappa shape index (κ3) is 1.48. The van der Waals surface area contributed by atoms with Crippen molar-refractivity contribution in [3.8, 4) is 11.6 Å². The Morgan fingerprint density at radius 2 is 2.20 bits per heavy atom. The molecular formula is C12H14N2O. The van der Waals surface area contributed by atoms with E-state index in [1.165, 1.54) is 25.7 Å². The Balaban J connectivity index is 1.98. The Kier molecular flexibility index (Phi) is 2.09. The summed E-state index contributed by atoms with van der Waals surface area (Å²) in [7, 11) is 0. The lowest BCUT2D eigenvalue weighted by Gasteiger charge is -2.13. The summed E-state index contributed by atoms with van der Waals surface area (Å²) in [5.74, 6) is 1.83. The van der Waals surface area contributed by atoms with Crippen LogP contribution in [-0.2, 0) is 0 Å². The molecule has 1 saturated carbocycles. The normalized spacial score (nSPS) is 17.3. The second kappa shape index (κ2) is 3.57. The van der Waals surface area contributed by atoms with Gasteiger partial charge in [-0.25, -0.2) is 4.98 Å². The van der Waals surface area contributed by atoms with Gasteiger partial charge in [-0.1, -0.05) is 12.8 Å². The van der Waals surface area contributed by atoms with Crippen molar-refractivity contribution in [2.24, 2.45) is 0 Å². The van der Waals surface area contributed by atoms with Crippen LogP contribution in [0.2, 0.25) is 0 Å². The summed E-state index contributed by atoms with van der Waals surface area (Å²) in [6.45, 7) is 0. The summed E-state index contributed by atoms with van der Waals surface area (Å²) in [6, 6.07) is 4.49. The number of hydrogen-bond donors (Lipinski definition) is 0. The number of aromatic nitrogens is 2. The molecule has 0 atom stereocenters. The molecule has 0 saturated heterocycles. The highest BCUT2D eigenvalue weighted by Gasteiger charge is 2.20. The van der Waals surface area contributed by atoms with Crippen molar-refractivity contribution >= 4 is 0 Å². The molecule has 1 fully saturated rings. The highest BCUT2D eigenvalue weighted by atomic mass is 16.3. The van der Waals surface area contributed by atoms with Crippen LogP contribution in [0.4, 0.5) is 0 Å². The molecule has 0 radical (unpaired) electrons. The predicted molar refractivity (Wildman–Crippen MR) is 57.4 cm³/mol. The number of imidazole rings is 1. The monoisotopic (exact) mass is 202 g/mol. The highest BCUT2D eigenvalue weighted by molar-refractivity contribution is 5.47. The first-order chi connectivity index (χ1) is 7.45. The van der Waals surface area contributed by atoms with Crippen LogP contribution < -0.4 is 0 Å². The number of furan rings is 1. The van der Waals surface area contributed by atoms with Crippen LogP contribution in [0, 0.1) is 0 Å². The first-order valence-electron chi connectivity index (χ1n) is 5.52. The van der Waals surface area contributed by atoms with E-state index < -0.39 is 0 Å². The van der Waals surface area contributed by atoms with Crippen molar-refractivity contribution in [3.63, 3.8) is 0 Å². The first kappa shape index (κ1) is 8.77. The van der Waals surface area contributed by atoms with Crippen LogP contribution in [0.5, 0.6) is 0 Å². The fraction of sp³-hybridized carbons (Fsp3) is 0.417. The van der Waals surface area contributed by atoms with Crippen LogP contribution in [-0.4, -0.2) is 9.55 Å². The SMILES string of the molecule is c1coc(-c2nccn2C2CCCC2)c1. The zero-order valence-electron chi connectivity index (χ0n) is 8.60. The van der Waals surface area contributed by atoms with Gasteiger partial charge >= 0.3 is 0 Å². The van der Waals surface area contributed by atoms with Gasteiger partial charge in [-0.15, -0.1) is 0 Å². The van der Waals surface area contributed by atoms with Gasteiger partial charge in [0.15, 0.2) is 11.6 Å². The molecule has 0 spiro atoms. The Morgan fingerprint density at radius 3 is 2.93 bits per heavy atom. The topological polar surface area (TPSA) is 31.0 Å². The lowest BCUT2D eigenvalue weighted by molar-refractivity contribution is 0.507. The quantitative estimate of drug-likeness (QED) is 0.748. The van der Waals surface area contributed by atoms with Gasteiger partial charge in [0.05, 0.1) is 6.26 Å². The maximum absolute atomic E-state index is 5.39. The van der Waals surface area contributed by atoms with Crippen molar-refractivity contribution in [1.82, 2.24) is 9.55 Å². The van der Waals surface area contributed by atoms with E-state index in [2.05, 4.69) is 15.7 Å². The second-order valence-corrected chi connectivity index (χ2v) is 4.07. The number of nitrogens with zero attached hydrogens (tertiary/aromatic N) is 2. The number of hydrogen-bond acceptors (Lipinski definition) is 2.